The summed E-state index contributed by atoms with van der Waals surface area (Å²) in [5.74, 6) is -0.169. The SMILES string of the molecule is CCC1OCCC1CNC(=O)NC(CC(=O)O)C1CC1. The van der Waals surface area contributed by atoms with E-state index in [-0.39, 0.29) is 24.6 Å². The Kier molecular flexibility index (Phi) is 5.23. The monoisotopic (exact) mass is 284 g/mol. The summed E-state index contributed by atoms with van der Waals surface area (Å²) in [5.41, 5.74) is 0. The van der Waals surface area contributed by atoms with Crippen molar-refractivity contribution < 1.29 is 19.4 Å². The molecule has 1 aliphatic carbocycles. The normalized spacial score (nSPS) is 27.1. The molecule has 2 fully saturated rings. The van der Waals surface area contributed by atoms with Gasteiger partial charge in [0, 0.05) is 25.1 Å². The predicted octanol–water partition coefficient (Wildman–Crippen LogP) is 1.35. The lowest BCUT2D eigenvalue weighted by Crippen LogP contribution is -2.46. The molecule has 114 valence electrons. The lowest BCUT2D eigenvalue weighted by atomic mass is 10.00. The van der Waals surface area contributed by atoms with Gasteiger partial charge in [-0.3, -0.25) is 4.79 Å². The molecular weight excluding hydrogens is 260 g/mol. The van der Waals surface area contributed by atoms with Crippen LogP contribution >= 0.6 is 0 Å². The summed E-state index contributed by atoms with van der Waals surface area (Å²) < 4.78 is 5.58. The van der Waals surface area contributed by atoms with Crippen molar-refractivity contribution in [1.29, 1.82) is 0 Å². The third-order valence-corrected chi connectivity index (χ3v) is 4.18. The summed E-state index contributed by atoms with van der Waals surface area (Å²) in [6.45, 7) is 3.43. The van der Waals surface area contributed by atoms with Gasteiger partial charge in [0.25, 0.3) is 0 Å². The topological polar surface area (TPSA) is 87.7 Å². The quantitative estimate of drug-likeness (QED) is 0.658. The van der Waals surface area contributed by atoms with E-state index in [1.807, 2.05) is 0 Å². The van der Waals surface area contributed by atoms with E-state index in [9.17, 15) is 9.59 Å². The molecule has 3 atom stereocenters. The summed E-state index contributed by atoms with van der Waals surface area (Å²) >= 11 is 0. The van der Waals surface area contributed by atoms with Crippen LogP contribution in [0.2, 0.25) is 0 Å². The maximum Gasteiger partial charge on any atom is 0.315 e. The standard InChI is InChI=1S/C14H24N2O4/c1-2-12-10(5-6-20-12)8-15-14(19)16-11(7-13(17)18)9-3-4-9/h9-12H,2-8H2,1H3,(H,17,18)(H2,15,16,19). The van der Waals surface area contributed by atoms with Crippen LogP contribution in [0.5, 0.6) is 0 Å². The average molecular weight is 284 g/mol. The van der Waals surface area contributed by atoms with E-state index in [1.165, 1.54) is 0 Å². The minimum atomic E-state index is -0.863. The van der Waals surface area contributed by atoms with Crippen molar-refractivity contribution in [2.24, 2.45) is 11.8 Å². The fourth-order valence-electron chi connectivity index (χ4n) is 2.84. The van der Waals surface area contributed by atoms with E-state index in [0.717, 1.165) is 32.3 Å². The molecule has 1 aliphatic heterocycles. The highest BCUT2D eigenvalue weighted by Crippen LogP contribution is 2.34. The Bertz CT molecular complexity index is 357. The maximum atomic E-state index is 11.9. The smallest absolute Gasteiger partial charge is 0.315 e. The summed E-state index contributed by atoms with van der Waals surface area (Å²) in [6.07, 6.45) is 4.17. The minimum absolute atomic E-state index is 0.00219. The Labute approximate surface area is 119 Å². The average Bonchev–Trinajstić information content (AvgIpc) is 3.14. The van der Waals surface area contributed by atoms with Gasteiger partial charge in [-0.15, -0.1) is 0 Å². The molecule has 0 aromatic heterocycles. The molecular formula is C14H24N2O4. The van der Waals surface area contributed by atoms with Crippen LogP contribution in [0.15, 0.2) is 0 Å². The summed E-state index contributed by atoms with van der Waals surface area (Å²) in [4.78, 5) is 22.6. The zero-order chi connectivity index (χ0) is 14.5. The van der Waals surface area contributed by atoms with E-state index in [4.69, 9.17) is 9.84 Å². The summed E-state index contributed by atoms with van der Waals surface area (Å²) in [7, 11) is 0. The van der Waals surface area contributed by atoms with Gasteiger partial charge in [0.1, 0.15) is 0 Å². The molecule has 1 heterocycles. The third-order valence-electron chi connectivity index (χ3n) is 4.18. The van der Waals surface area contributed by atoms with Gasteiger partial charge in [-0.25, -0.2) is 4.79 Å². The van der Waals surface area contributed by atoms with Gasteiger partial charge in [0.05, 0.1) is 12.5 Å². The molecule has 0 radical (unpaired) electrons. The zero-order valence-electron chi connectivity index (χ0n) is 11.9. The van der Waals surface area contributed by atoms with Crippen LogP contribution in [-0.4, -0.2) is 42.4 Å². The summed E-state index contributed by atoms with van der Waals surface area (Å²) in [6, 6.07) is -0.501. The van der Waals surface area contributed by atoms with Crippen LogP contribution in [0, 0.1) is 11.8 Å². The molecule has 3 unspecified atom stereocenters. The number of carbonyl (C=O) groups excluding carboxylic acids is 1. The molecule has 1 saturated heterocycles. The highest BCUT2D eigenvalue weighted by molar-refractivity contribution is 5.75. The number of nitrogens with one attached hydrogen (secondary N) is 2. The first-order valence-electron chi connectivity index (χ1n) is 7.48. The van der Waals surface area contributed by atoms with Crippen molar-refractivity contribution in [1.82, 2.24) is 10.6 Å². The van der Waals surface area contributed by atoms with Crippen molar-refractivity contribution in [3.05, 3.63) is 0 Å². The van der Waals surface area contributed by atoms with Gasteiger partial charge in [0.15, 0.2) is 0 Å². The number of urea groups is 1. The number of ether oxygens (including phenoxy) is 1. The molecule has 1 saturated carbocycles. The molecule has 3 N–H and O–H groups in total. The second-order valence-electron chi connectivity index (χ2n) is 5.76. The van der Waals surface area contributed by atoms with Gasteiger partial charge in [-0.1, -0.05) is 6.92 Å². The van der Waals surface area contributed by atoms with Crippen molar-refractivity contribution in [3.8, 4) is 0 Å². The molecule has 0 spiro atoms. The Morgan fingerprint density at radius 1 is 1.35 bits per heavy atom. The molecule has 0 bridgehead atoms. The van der Waals surface area contributed by atoms with E-state index >= 15 is 0 Å². The molecule has 0 aromatic carbocycles. The molecule has 20 heavy (non-hydrogen) atoms. The maximum absolute atomic E-state index is 11.9. The number of carbonyl (C=O) groups is 2. The molecule has 6 nitrogen and oxygen atoms in total. The Hall–Kier alpha value is -1.30. The highest BCUT2D eigenvalue weighted by atomic mass is 16.5. The molecule has 2 amide bonds. The van der Waals surface area contributed by atoms with Gasteiger partial charge < -0.3 is 20.5 Å². The van der Waals surface area contributed by atoms with E-state index in [1.54, 1.807) is 0 Å². The predicted molar refractivity (Wildman–Crippen MR) is 73.4 cm³/mol. The lowest BCUT2D eigenvalue weighted by molar-refractivity contribution is -0.137. The van der Waals surface area contributed by atoms with Crippen molar-refractivity contribution in [3.63, 3.8) is 0 Å². The van der Waals surface area contributed by atoms with Crippen LogP contribution < -0.4 is 10.6 Å². The van der Waals surface area contributed by atoms with Crippen LogP contribution in [0.25, 0.3) is 0 Å². The second kappa shape index (κ2) is 6.92. The molecule has 2 aliphatic rings. The van der Waals surface area contributed by atoms with Gasteiger partial charge >= 0.3 is 12.0 Å². The number of hydrogen-bond acceptors (Lipinski definition) is 3. The summed E-state index contributed by atoms with van der Waals surface area (Å²) in [5, 5.41) is 14.5. The molecule has 6 heteroatoms. The Morgan fingerprint density at radius 2 is 2.10 bits per heavy atom. The fraction of sp³-hybridized carbons (Fsp3) is 0.857. The Balaban J connectivity index is 1.72. The Morgan fingerprint density at radius 3 is 2.70 bits per heavy atom. The van der Waals surface area contributed by atoms with E-state index in [0.29, 0.717) is 18.4 Å². The minimum Gasteiger partial charge on any atom is -0.481 e. The van der Waals surface area contributed by atoms with Gasteiger partial charge in [-0.2, -0.15) is 0 Å². The van der Waals surface area contributed by atoms with E-state index < -0.39 is 5.97 Å². The number of hydrogen-bond donors (Lipinski definition) is 3. The van der Waals surface area contributed by atoms with E-state index in [2.05, 4.69) is 17.6 Å². The second-order valence-corrected chi connectivity index (χ2v) is 5.76. The highest BCUT2D eigenvalue weighted by Gasteiger charge is 2.34. The van der Waals surface area contributed by atoms with Gasteiger partial charge in [0.2, 0.25) is 0 Å². The number of carboxylic acid groups (broad SMARTS) is 1. The molecule has 0 aromatic rings. The molecule has 2 rings (SSSR count). The number of aliphatic carboxylic acids is 1. The first-order valence-corrected chi connectivity index (χ1v) is 7.48. The first kappa shape index (κ1) is 15.1. The van der Waals surface area contributed by atoms with Crippen molar-refractivity contribution >= 4 is 12.0 Å². The number of carboxylic acids is 1. The lowest BCUT2D eigenvalue weighted by Gasteiger charge is -2.20. The van der Waals surface area contributed by atoms with Crippen LogP contribution in [0.1, 0.15) is 39.0 Å². The number of amides is 2. The fourth-order valence-corrected chi connectivity index (χ4v) is 2.84. The largest absolute Gasteiger partial charge is 0.481 e. The number of rotatable bonds is 7. The third kappa shape index (κ3) is 4.37. The van der Waals surface area contributed by atoms with Crippen LogP contribution in [-0.2, 0) is 9.53 Å². The zero-order valence-corrected chi connectivity index (χ0v) is 11.9. The van der Waals surface area contributed by atoms with Crippen LogP contribution in [0.4, 0.5) is 4.79 Å². The van der Waals surface area contributed by atoms with Crippen molar-refractivity contribution in [2.75, 3.05) is 13.2 Å². The van der Waals surface area contributed by atoms with Gasteiger partial charge in [-0.05, 0) is 31.6 Å². The van der Waals surface area contributed by atoms with Crippen LogP contribution in [0.3, 0.4) is 0 Å². The van der Waals surface area contributed by atoms with Crippen molar-refractivity contribution in [2.45, 2.75) is 51.2 Å². The first-order chi connectivity index (χ1) is 9.60.